The number of halogens is 2. The molecule has 0 unspecified atom stereocenters. The van der Waals surface area contributed by atoms with Gasteiger partial charge in [-0.3, -0.25) is 4.79 Å². The minimum Gasteiger partial charge on any atom is -0.374 e. The SMILES string of the molecule is CN(C)CCN1C(=O)CNc2cc(Cl)c(Cl)cc21. The highest BCUT2D eigenvalue weighted by atomic mass is 35.5. The molecule has 1 aliphatic heterocycles. The third-order valence-corrected chi connectivity index (χ3v) is 3.55. The van der Waals surface area contributed by atoms with E-state index in [1.165, 1.54) is 0 Å². The van der Waals surface area contributed by atoms with Crippen molar-refractivity contribution in [3.8, 4) is 0 Å². The van der Waals surface area contributed by atoms with E-state index < -0.39 is 0 Å². The van der Waals surface area contributed by atoms with Crippen molar-refractivity contribution in [2.45, 2.75) is 0 Å². The molecule has 4 nitrogen and oxygen atoms in total. The number of hydrogen-bond donors (Lipinski definition) is 1. The maximum atomic E-state index is 11.9. The quantitative estimate of drug-likeness (QED) is 0.927. The first-order valence-corrected chi connectivity index (χ1v) is 6.42. The molecule has 0 aliphatic carbocycles. The fourth-order valence-corrected chi connectivity index (χ4v) is 2.17. The van der Waals surface area contributed by atoms with Gasteiger partial charge in [-0.1, -0.05) is 23.2 Å². The molecule has 1 heterocycles. The number of nitrogens with zero attached hydrogens (tertiary/aromatic N) is 2. The normalized spacial score (nSPS) is 14.7. The highest BCUT2D eigenvalue weighted by Gasteiger charge is 2.24. The average Bonchev–Trinajstić information content (AvgIpc) is 2.30. The zero-order valence-electron chi connectivity index (χ0n) is 10.3. The van der Waals surface area contributed by atoms with E-state index in [1.807, 2.05) is 19.0 Å². The largest absolute Gasteiger partial charge is 0.374 e. The maximum Gasteiger partial charge on any atom is 0.246 e. The molecule has 0 radical (unpaired) electrons. The molecule has 1 aromatic rings. The fraction of sp³-hybridized carbons (Fsp3) is 0.417. The van der Waals surface area contributed by atoms with Gasteiger partial charge in [0.25, 0.3) is 0 Å². The second kappa shape index (κ2) is 5.34. The second-order valence-corrected chi connectivity index (χ2v) is 5.30. The summed E-state index contributed by atoms with van der Waals surface area (Å²) >= 11 is 12.0. The Labute approximate surface area is 116 Å². The van der Waals surface area contributed by atoms with E-state index in [0.717, 1.165) is 17.9 Å². The lowest BCUT2D eigenvalue weighted by Gasteiger charge is -2.31. The van der Waals surface area contributed by atoms with Crippen molar-refractivity contribution in [1.29, 1.82) is 0 Å². The minimum absolute atomic E-state index is 0.0442. The number of rotatable bonds is 3. The smallest absolute Gasteiger partial charge is 0.246 e. The van der Waals surface area contributed by atoms with Crippen LogP contribution in [0.3, 0.4) is 0 Å². The molecule has 2 rings (SSSR count). The van der Waals surface area contributed by atoms with Gasteiger partial charge in [0.2, 0.25) is 5.91 Å². The lowest BCUT2D eigenvalue weighted by Crippen LogP contribution is -2.43. The first kappa shape index (κ1) is 13.5. The molecule has 1 amide bonds. The molecule has 1 aliphatic rings. The maximum absolute atomic E-state index is 11.9. The van der Waals surface area contributed by atoms with Crippen LogP contribution in [0.5, 0.6) is 0 Å². The van der Waals surface area contributed by atoms with Gasteiger partial charge in [-0.05, 0) is 26.2 Å². The standard InChI is InChI=1S/C12H15Cl2N3O/c1-16(2)3-4-17-11-6-9(14)8(13)5-10(11)15-7-12(17)18/h5-6,15H,3-4,7H2,1-2H3. The number of carbonyl (C=O) groups is 1. The van der Waals surface area contributed by atoms with E-state index in [2.05, 4.69) is 5.32 Å². The molecule has 6 heteroatoms. The first-order chi connectivity index (χ1) is 8.49. The number of fused-ring (bicyclic) bond motifs is 1. The van der Waals surface area contributed by atoms with Gasteiger partial charge in [0.1, 0.15) is 0 Å². The van der Waals surface area contributed by atoms with Gasteiger partial charge in [0.15, 0.2) is 0 Å². The molecular weight excluding hydrogens is 273 g/mol. The molecule has 0 bridgehead atoms. The molecule has 0 spiro atoms. The molecule has 0 saturated heterocycles. The topological polar surface area (TPSA) is 35.6 Å². The van der Waals surface area contributed by atoms with Crippen molar-refractivity contribution in [2.75, 3.05) is 43.9 Å². The van der Waals surface area contributed by atoms with Crippen LogP contribution in [-0.2, 0) is 4.79 Å². The Morgan fingerprint density at radius 2 is 2.00 bits per heavy atom. The number of likely N-dealkylation sites (N-methyl/N-ethyl adjacent to an activating group) is 1. The predicted molar refractivity (Wildman–Crippen MR) is 75.9 cm³/mol. The minimum atomic E-state index is 0.0442. The van der Waals surface area contributed by atoms with Gasteiger partial charge in [-0.2, -0.15) is 0 Å². The monoisotopic (exact) mass is 287 g/mol. The number of hydrogen-bond acceptors (Lipinski definition) is 3. The molecule has 0 fully saturated rings. The summed E-state index contributed by atoms with van der Waals surface area (Å²) in [5, 5.41) is 4.00. The van der Waals surface area contributed by atoms with E-state index in [9.17, 15) is 4.79 Å². The highest BCUT2D eigenvalue weighted by Crippen LogP contribution is 2.36. The fourth-order valence-electron chi connectivity index (χ4n) is 1.85. The van der Waals surface area contributed by atoms with Crippen LogP contribution in [-0.4, -0.2) is 44.5 Å². The van der Waals surface area contributed by atoms with Crippen molar-refractivity contribution in [3.05, 3.63) is 22.2 Å². The number of anilines is 2. The molecule has 18 heavy (non-hydrogen) atoms. The molecule has 1 aromatic carbocycles. The summed E-state index contributed by atoms with van der Waals surface area (Å²) in [7, 11) is 3.95. The predicted octanol–water partition coefficient (Wildman–Crippen LogP) is 2.31. The van der Waals surface area contributed by atoms with Crippen molar-refractivity contribution < 1.29 is 4.79 Å². The van der Waals surface area contributed by atoms with Crippen molar-refractivity contribution >= 4 is 40.5 Å². The van der Waals surface area contributed by atoms with E-state index in [4.69, 9.17) is 23.2 Å². The van der Waals surface area contributed by atoms with Gasteiger partial charge in [-0.15, -0.1) is 0 Å². The Morgan fingerprint density at radius 1 is 1.33 bits per heavy atom. The van der Waals surface area contributed by atoms with Crippen LogP contribution in [0.4, 0.5) is 11.4 Å². The number of benzene rings is 1. The van der Waals surface area contributed by atoms with Crippen LogP contribution in [0.25, 0.3) is 0 Å². The zero-order valence-corrected chi connectivity index (χ0v) is 11.8. The first-order valence-electron chi connectivity index (χ1n) is 5.67. The van der Waals surface area contributed by atoms with Gasteiger partial charge in [0, 0.05) is 13.1 Å². The molecule has 1 N–H and O–H groups in total. The zero-order chi connectivity index (χ0) is 13.3. The molecule has 98 valence electrons. The van der Waals surface area contributed by atoms with Crippen LogP contribution < -0.4 is 10.2 Å². The Kier molecular flexibility index (Phi) is 4.00. The molecule has 0 atom stereocenters. The van der Waals surface area contributed by atoms with Crippen LogP contribution in [0.1, 0.15) is 0 Å². The molecular formula is C12H15Cl2N3O. The molecule has 0 aromatic heterocycles. The average molecular weight is 288 g/mol. The third kappa shape index (κ3) is 2.71. The summed E-state index contributed by atoms with van der Waals surface area (Å²) in [6, 6.07) is 3.49. The lowest BCUT2D eigenvalue weighted by molar-refractivity contribution is -0.117. The Morgan fingerprint density at radius 3 is 2.67 bits per heavy atom. The van der Waals surface area contributed by atoms with E-state index in [1.54, 1.807) is 17.0 Å². The van der Waals surface area contributed by atoms with Gasteiger partial charge in [-0.25, -0.2) is 0 Å². The van der Waals surface area contributed by atoms with Gasteiger partial charge < -0.3 is 15.1 Å². The van der Waals surface area contributed by atoms with Crippen LogP contribution in [0, 0.1) is 0 Å². The third-order valence-electron chi connectivity index (χ3n) is 2.83. The van der Waals surface area contributed by atoms with E-state index >= 15 is 0 Å². The van der Waals surface area contributed by atoms with Crippen LogP contribution in [0.2, 0.25) is 10.0 Å². The second-order valence-electron chi connectivity index (χ2n) is 4.49. The summed E-state index contributed by atoms with van der Waals surface area (Å²) in [6.07, 6.45) is 0. The van der Waals surface area contributed by atoms with Crippen molar-refractivity contribution in [3.63, 3.8) is 0 Å². The summed E-state index contributed by atoms with van der Waals surface area (Å²) in [4.78, 5) is 15.7. The van der Waals surface area contributed by atoms with E-state index in [0.29, 0.717) is 23.1 Å². The van der Waals surface area contributed by atoms with E-state index in [-0.39, 0.29) is 5.91 Å². The number of carbonyl (C=O) groups excluding carboxylic acids is 1. The summed E-state index contributed by atoms with van der Waals surface area (Å²) in [5.41, 5.74) is 1.64. The Bertz CT molecular complexity index is 477. The Hall–Kier alpha value is -0.970. The van der Waals surface area contributed by atoms with Crippen LogP contribution in [0.15, 0.2) is 12.1 Å². The Balaban J connectivity index is 2.31. The van der Waals surface area contributed by atoms with Crippen LogP contribution >= 0.6 is 23.2 Å². The van der Waals surface area contributed by atoms with Crippen molar-refractivity contribution in [1.82, 2.24) is 4.90 Å². The highest BCUT2D eigenvalue weighted by molar-refractivity contribution is 6.42. The summed E-state index contributed by atoms with van der Waals surface area (Å²) in [5.74, 6) is 0.0442. The van der Waals surface area contributed by atoms with Crippen molar-refractivity contribution in [2.24, 2.45) is 0 Å². The van der Waals surface area contributed by atoms with Gasteiger partial charge >= 0.3 is 0 Å². The molecule has 0 saturated carbocycles. The number of nitrogens with one attached hydrogen (secondary N) is 1. The van der Waals surface area contributed by atoms with Gasteiger partial charge in [0.05, 0.1) is 28.0 Å². The summed E-state index contributed by atoms with van der Waals surface area (Å²) < 4.78 is 0. The lowest BCUT2D eigenvalue weighted by atomic mass is 10.2. The number of amides is 1. The summed E-state index contributed by atoms with van der Waals surface area (Å²) in [6.45, 7) is 1.72.